The predicted octanol–water partition coefficient (Wildman–Crippen LogP) is 6.27. The van der Waals surface area contributed by atoms with Gasteiger partial charge in [0.15, 0.2) is 6.29 Å². The van der Waals surface area contributed by atoms with Crippen LogP contribution in [0.2, 0.25) is 0 Å². The number of sulfonamides is 1. The van der Waals surface area contributed by atoms with Crippen molar-refractivity contribution >= 4 is 41.9 Å². The first kappa shape index (κ1) is 53.7. The van der Waals surface area contributed by atoms with E-state index in [2.05, 4.69) is 5.32 Å². The van der Waals surface area contributed by atoms with Crippen LogP contribution in [0.5, 0.6) is 17.2 Å². The number of para-hydroxylation sites is 1. The third-order valence-electron chi connectivity index (χ3n) is 10.7. The third-order valence-corrected chi connectivity index (χ3v) is 14.1. The van der Waals surface area contributed by atoms with Crippen molar-refractivity contribution in [3.8, 4) is 17.2 Å². The first-order valence-corrected chi connectivity index (χ1v) is 24.9. The highest BCUT2D eigenvalue weighted by molar-refractivity contribution is 7.89. The molecule has 68 heavy (non-hydrogen) atoms. The molecule has 5 rings (SSSR count). The molecule has 18 nitrogen and oxygen atoms in total. The van der Waals surface area contributed by atoms with E-state index >= 15 is 0 Å². The van der Waals surface area contributed by atoms with Gasteiger partial charge < -0.3 is 48.4 Å². The van der Waals surface area contributed by atoms with E-state index in [4.69, 9.17) is 37.5 Å². The molecule has 3 aromatic rings. The maximum atomic E-state index is 14.4. The number of alkyl carbamates (subject to hydrolysis) is 1. The molecule has 0 aliphatic carbocycles. The van der Waals surface area contributed by atoms with E-state index in [9.17, 15) is 45.3 Å². The van der Waals surface area contributed by atoms with E-state index in [0.29, 0.717) is 30.6 Å². The van der Waals surface area contributed by atoms with Crippen LogP contribution in [-0.4, -0.2) is 120 Å². The van der Waals surface area contributed by atoms with Crippen molar-refractivity contribution < 1.29 is 82.8 Å². The van der Waals surface area contributed by atoms with Crippen molar-refractivity contribution in [1.29, 1.82) is 0 Å². The number of aldehydes is 1. The highest BCUT2D eigenvalue weighted by Crippen LogP contribution is 2.49. The van der Waals surface area contributed by atoms with Crippen molar-refractivity contribution in [2.24, 2.45) is 17.8 Å². The largest absolute Gasteiger partial charge is 0.497 e. The van der Waals surface area contributed by atoms with Crippen LogP contribution < -0.4 is 24.6 Å². The lowest BCUT2D eigenvalue weighted by Gasteiger charge is -2.34. The molecule has 2 heterocycles. The molecule has 0 saturated carbocycles. The number of hydrogen-bond donors (Lipinski definition) is 2. The Kier molecular flexibility index (Phi) is 18.8. The maximum Gasteiger partial charge on any atom is 0.471 e. The molecule has 2 aliphatic rings. The number of halogens is 3. The monoisotopic (exact) mass is 999 g/mol. The van der Waals surface area contributed by atoms with Gasteiger partial charge in [0.05, 0.1) is 43.7 Å². The molecule has 2 amide bonds. The number of ether oxygens (including phenoxy) is 6. The number of alkyl halides is 3. The molecule has 0 aromatic heterocycles. The molecule has 2 fully saturated rings. The molecule has 3 aromatic carbocycles. The second kappa shape index (κ2) is 23.9. The van der Waals surface area contributed by atoms with Gasteiger partial charge in [-0.15, -0.1) is 0 Å². The van der Waals surface area contributed by atoms with Crippen LogP contribution in [0.4, 0.5) is 18.0 Å². The maximum absolute atomic E-state index is 14.4. The second-order valence-corrected chi connectivity index (χ2v) is 20.7. The average Bonchev–Trinajstić information content (AvgIpc) is 3.92. The van der Waals surface area contributed by atoms with Gasteiger partial charge in [-0.1, -0.05) is 58.0 Å². The zero-order valence-corrected chi connectivity index (χ0v) is 40.0. The number of fused-ring (bicyclic) bond motifs is 1. The predicted molar refractivity (Wildman–Crippen MR) is 237 cm³/mol. The Balaban J connectivity index is 1.51. The van der Waals surface area contributed by atoms with Crippen molar-refractivity contribution in [1.82, 2.24) is 14.9 Å². The number of methoxy groups -OCH3 is 1. The van der Waals surface area contributed by atoms with Gasteiger partial charge in [-0.2, -0.15) is 17.5 Å². The van der Waals surface area contributed by atoms with Gasteiger partial charge in [-0.25, -0.2) is 22.6 Å². The quantitative estimate of drug-likeness (QED) is 0.0574. The highest BCUT2D eigenvalue weighted by Gasteiger charge is 2.46. The Morgan fingerprint density at radius 1 is 0.897 bits per heavy atom. The lowest BCUT2D eigenvalue weighted by atomic mass is 9.99. The molecule has 0 bridgehead atoms. The van der Waals surface area contributed by atoms with Gasteiger partial charge in [0, 0.05) is 6.54 Å². The van der Waals surface area contributed by atoms with Crippen molar-refractivity contribution in [3.05, 3.63) is 84.4 Å². The first-order chi connectivity index (χ1) is 32.1. The number of rotatable bonds is 24. The summed E-state index contributed by atoms with van der Waals surface area (Å²) >= 11 is 0. The summed E-state index contributed by atoms with van der Waals surface area (Å²) < 4.78 is 129. The number of esters is 1. The van der Waals surface area contributed by atoms with Crippen LogP contribution in [-0.2, 0) is 58.9 Å². The highest BCUT2D eigenvalue weighted by atomic mass is 32.2. The second-order valence-electron chi connectivity index (χ2n) is 16.9. The summed E-state index contributed by atoms with van der Waals surface area (Å²) in [6.07, 6.45) is -10.4. The smallest absolute Gasteiger partial charge is 0.471 e. The molecule has 2 N–H and O–H groups in total. The lowest BCUT2D eigenvalue weighted by Crippen LogP contribution is -2.56. The molecule has 23 heteroatoms. The van der Waals surface area contributed by atoms with E-state index in [1.807, 2.05) is 0 Å². The molecule has 2 saturated heterocycles. The van der Waals surface area contributed by atoms with Crippen LogP contribution >= 0.6 is 7.60 Å². The van der Waals surface area contributed by atoms with Gasteiger partial charge in [-0.3, -0.25) is 9.32 Å². The molecular formula is C45H57F3N3O15PS. The zero-order chi connectivity index (χ0) is 49.8. The minimum Gasteiger partial charge on any atom is -0.497 e. The Morgan fingerprint density at radius 2 is 1.56 bits per heavy atom. The minimum atomic E-state index is -5.36. The Labute approximate surface area is 393 Å². The summed E-state index contributed by atoms with van der Waals surface area (Å²) in [5.41, 5.74) is 0.422. The number of carbonyl (C=O) groups excluding carboxylic acids is 4. The molecular weight excluding hydrogens is 943 g/mol. The number of carbonyl (C=O) groups is 4. The normalized spacial score (nSPS) is 19.8. The lowest BCUT2D eigenvalue weighted by molar-refractivity contribution is -0.177. The van der Waals surface area contributed by atoms with E-state index in [1.165, 1.54) is 76.4 Å². The first-order valence-electron chi connectivity index (χ1n) is 21.7. The standard InChI is InChI=1S/C45H57F3N3O15PS/c1-28(2)23-51(68(57,58)35-18-16-32(59-6)17-19-35)24-38(63-41(53)40(29(3)4)50-43(54)45(46,47)48)37(49-44(55)64-39-26-61-42-36(39)20-21-60-42)22-31-12-14-33(15-13-31)62-27-67(56,65-30(5)25-52)66-34-10-8-7-9-11-34/h7-19,25,28-30,36-40,42H,20-24,26-27H2,1-6H3,(H,49,55)(H,50,54)/t30-,36-,37-,38+,39-,40-,42+,67?/m0/s1. The van der Waals surface area contributed by atoms with Crippen LogP contribution in [0, 0.1) is 17.8 Å². The Morgan fingerprint density at radius 3 is 2.16 bits per heavy atom. The SMILES string of the molecule is COc1ccc(S(=O)(=O)N(CC(C)C)C[C@@H](OC(=O)[C@@H](NC(=O)C(F)(F)F)C(C)C)[C@H](Cc2ccc(OCP(=O)(Oc3ccccc3)O[C@@H](C)C=O)cc2)NC(=O)O[C@H]2CO[C@H]3OCC[C@H]32)cc1. The van der Waals surface area contributed by atoms with E-state index in [0.717, 1.165) is 4.31 Å². The molecule has 8 atom stereocenters. The third kappa shape index (κ3) is 15.1. The summed E-state index contributed by atoms with van der Waals surface area (Å²) in [7, 11) is -7.13. The average molecular weight is 1000 g/mol. The summed E-state index contributed by atoms with van der Waals surface area (Å²) in [5, 5.41) is 4.39. The molecule has 0 spiro atoms. The minimum absolute atomic E-state index is 0.00690. The summed E-state index contributed by atoms with van der Waals surface area (Å²) in [5.74, 6) is -4.62. The number of benzene rings is 3. The fraction of sp³-hybridized carbons (Fsp3) is 0.511. The van der Waals surface area contributed by atoms with Gasteiger partial charge in [0.1, 0.15) is 47.9 Å². The van der Waals surface area contributed by atoms with Crippen molar-refractivity contribution in [2.75, 3.05) is 39.8 Å². The van der Waals surface area contributed by atoms with E-state index in [-0.39, 0.29) is 47.8 Å². The van der Waals surface area contributed by atoms with Crippen LogP contribution in [0.25, 0.3) is 0 Å². The Hall–Kier alpha value is -5.25. The van der Waals surface area contributed by atoms with Gasteiger partial charge in [-0.05, 0) is 85.7 Å². The fourth-order valence-corrected chi connectivity index (χ4v) is 10.3. The number of nitrogens with zero attached hydrogens (tertiary/aromatic N) is 1. The van der Waals surface area contributed by atoms with E-state index in [1.54, 1.807) is 49.5 Å². The topological polar surface area (TPSA) is 221 Å². The van der Waals surface area contributed by atoms with Crippen molar-refractivity contribution in [3.63, 3.8) is 0 Å². The molecule has 0 radical (unpaired) electrons. The summed E-state index contributed by atoms with van der Waals surface area (Å²) in [6.45, 7) is 7.18. The number of hydrogen-bond acceptors (Lipinski definition) is 15. The Bertz CT molecular complexity index is 2310. The number of amides is 2. The van der Waals surface area contributed by atoms with E-state index < -0.39 is 97.3 Å². The van der Waals surface area contributed by atoms with Crippen LogP contribution in [0.15, 0.2) is 83.8 Å². The van der Waals surface area contributed by atoms with Gasteiger partial charge in [0.25, 0.3) is 0 Å². The summed E-state index contributed by atoms with van der Waals surface area (Å²) in [6, 6.07) is 16.4. The van der Waals surface area contributed by atoms with Crippen molar-refractivity contribution in [2.45, 2.75) is 95.2 Å². The van der Waals surface area contributed by atoms with Gasteiger partial charge in [0.2, 0.25) is 16.4 Å². The summed E-state index contributed by atoms with van der Waals surface area (Å²) in [4.78, 5) is 51.3. The fourth-order valence-electron chi connectivity index (χ4n) is 7.24. The van der Waals surface area contributed by atoms with Gasteiger partial charge >= 0.3 is 31.7 Å². The molecule has 374 valence electrons. The van der Waals surface area contributed by atoms with Crippen LogP contribution in [0.1, 0.15) is 46.6 Å². The molecule has 2 aliphatic heterocycles. The van der Waals surface area contributed by atoms with Crippen LogP contribution in [0.3, 0.4) is 0 Å². The zero-order valence-electron chi connectivity index (χ0n) is 38.3. The number of nitrogens with one attached hydrogen (secondary N) is 2. The molecule has 1 unspecified atom stereocenters.